The molecule has 0 radical (unpaired) electrons. The Labute approximate surface area is 164 Å². The van der Waals surface area contributed by atoms with E-state index in [1.165, 1.54) is 6.92 Å². The summed E-state index contributed by atoms with van der Waals surface area (Å²) in [6.45, 7) is 4.22. The number of hydrogen-bond donors (Lipinski definition) is 4. The van der Waals surface area contributed by atoms with Crippen LogP contribution in [0.3, 0.4) is 0 Å². The van der Waals surface area contributed by atoms with Crippen LogP contribution in [-0.4, -0.2) is 30.8 Å². The lowest BCUT2D eigenvalue weighted by molar-refractivity contribution is -0.115. The fourth-order valence-electron chi connectivity index (χ4n) is 2.48. The summed E-state index contributed by atoms with van der Waals surface area (Å²) < 4.78 is 0. The highest BCUT2D eigenvalue weighted by Crippen LogP contribution is 2.14. The van der Waals surface area contributed by atoms with Gasteiger partial charge in [-0.05, 0) is 48.9 Å². The minimum absolute atomic E-state index is 0.0758. The Kier molecular flexibility index (Phi) is 8.02. The SMILES string of the molecule is CCCCNC(=O)c1cccc(NC(=O)CNc2ccc(NC(C)=O)cc2)c1. The van der Waals surface area contributed by atoms with Crippen LogP contribution in [0.4, 0.5) is 17.1 Å². The van der Waals surface area contributed by atoms with Crippen molar-refractivity contribution in [3.8, 4) is 0 Å². The number of amides is 3. The lowest BCUT2D eigenvalue weighted by Crippen LogP contribution is -2.25. The van der Waals surface area contributed by atoms with Gasteiger partial charge in [0.15, 0.2) is 0 Å². The smallest absolute Gasteiger partial charge is 0.251 e. The molecule has 2 aromatic rings. The maximum absolute atomic E-state index is 12.2. The van der Waals surface area contributed by atoms with Crippen molar-refractivity contribution in [1.82, 2.24) is 5.32 Å². The molecule has 148 valence electrons. The zero-order valence-corrected chi connectivity index (χ0v) is 16.2. The second-order valence-electron chi connectivity index (χ2n) is 6.35. The normalized spacial score (nSPS) is 10.1. The molecule has 0 saturated heterocycles. The van der Waals surface area contributed by atoms with E-state index in [0.717, 1.165) is 18.5 Å². The van der Waals surface area contributed by atoms with Gasteiger partial charge in [0.05, 0.1) is 6.54 Å². The maximum atomic E-state index is 12.2. The molecule has 2 rings (SSSR count). The van der Waals surface area contributed by atoms with Crippen LogP contribution in [0.25, 0.3) is 0 Å². The summed E-state index contributed by atoms with van der Waals surface area (Å²) in [6, 6.07) is 13.9. The van der Waals surface area contributed by atoms with E-state index in [0.29, 0.717) is 23.5 Å². The van der Waals surface area contributed by atoms with Crippen molar-refractivity contribution in [1.29, 1.82) is 0 Å². The van der Waals surface area contributed by atoms with Crippen LogP contribution in [0.5, 0.6) is 0 Å². The first kappa shape index (κ1) is 21.0. The Morgan fingerprint density at radius 1 is 0.893 bits per heavy atom. The summed E-state index contributed by atoms with van der Waals surface area (Å²) in [6.07, 6.45) is 1.94. The first-order chi connectivity index (χ1) is 13.5. The van der Waals surface area contributed by atoms with Crippen LogP contribution in [0, 0.1) is 0 Å². The zero-order valence-electron chi connectivity index (χ0n) is 16.2. The van der Waals surface area contributed by atoms with Crippen molar-refractivity contribution in [3.05, 3.63) is 54.1 Å². The fourth-order valence-corrected chi connectivity index (χ4v) is 2.48. The zero-order chi connectivity index (χ0) is 20.4. The van der Waals surface area contributed by atoms with E-state index < -0.39 is 0 Å². The van der Waals surface area contributed by atoms with Gasteiger partial charge in [0.2, 0.25) is 11.8 Å². The van der Waals surface area contributed by atoms with Crippen molar-refractivity contribution in [2.75, 3.05) is 29.0 Å². The summed E-state index contributed by atoms with van der Waals surface area (Å²) in [4.78, 5) is 35.3. The number of hydrogen-bond acceptors (Lipinski definition) is 4. The number of nitrogens with one attached hydrogen (secondary N) is 4. The van der Waals surface area contributed by atoms with E-state index in [1.807, 2.05) is 0 Å². The number of benzene rings is 2. The number of unbranched alkanes of at least 4 members (excludes halogenated alkanes) is 1. The molecule has 4 N–H and O–H groups in total. The monoisotopic (exact) mass is 382 g/mol. The summed E-state index contributed by atoms with van der Waals surface area (Å²) in [5, 5.41) is 11.3. The second kappa shape index (κ2) is 10.7. The molecule has 3 amide bonds. The van der Waals surface area contributed by atoms with Gasteiger partial charge >= 0.3 is 0 Å². The molecule has 0 aliphatic heterocycles. The van der Waals surface area contributed by atoms with Crippen molar-refractivity contribution >= 4 is 34.8 Å². The van der Waals surface area contributed by atoms with Crippen molar-refractivity contribution in [2.24, 2.45) is 0 Å². The van der Waals surface area contributed by atoms with E-state index in [1.54, 1.807) is 48.5 Å². The average Bonchev–Trinajstić information content (AvgIpc) is 2.67. The van der Waals surface area contributed by atoms with Crippen molar-refractivity contribution < 1.29 is 14.4 Å². The van der Waals surface area contributed by atoms with E-state index in [9.17, 15) is 14.4 Å². The standard InChI is InChI=1S/C21H26N4O3/c1-3-4-12-22-21(28)16-6-5-7-19(13-16)25-20(27)14-23-17-8-10-18(11-9-17)24-15(2)26/h5-11,13,23H,3-4,12,14H2,1-2H3,(H,22,28)(H,24,26)(H,25,27). The molecule has 2 aromatic carbocycles. The Bertz CT molecular complexity index is 819. The minimum atomic E-state index is -0.227. The second-order valence-corrected chi connectivity index (χ2v) is 6.35. The molecule has 0 atom stereocenters. The topological polar surface area (TPSA) is 99.3 Å². The summed E-state index contributed by atoms with van der Waals surface area (Å²) in [5.74, 6) is -0.516. The average molecular weight is 382 g/mol. The molecule has 28 heavy (non-hydrogen) atoms. The van der Waals surface area contributed by atoms with Gasteiger partial charge in [0.1, 0.15) is 0 Å². The molecule has 0 aliphatic carbocycles. The molecule has 0 saturated carbocycles. The Morgan fingerprint density at radius 3 is 2.29 bits per heavy atom. The van der Waals surface area contributed by atoms with Gasteiger partial charge in [-0.2, -0.15) is 0 Å². The highest BCUT2D eigenvalue weighted by atomic mass is 16.2. The summed E-state index contributed by atoms with van der Waals surface area (Å²) >= 11 is 0. The molecular formula is C21H26N4O3. The van der Waals surface area contributed by atoms with Gasteiger partial charge in [-0.1, -0.05) is 19.4 Å². The fraction of sp³-hybridized carbons (Fsp3) is 0.286. The van der Waals surface area contributed by atoms with Gasteiger partial charge in [0, 0.05) is 36.1 Å². The Balaban J connectivity index is 1.85. The molecular weight excluding hydrogens is 356 g/mol. The lowest BCUT2D eigenvalue weighted by Gasteiger charge is -2.10. The van der Waals surface area contributed by atoms with Gasteiger partial charge < -0.3 is 21.3 Å². The van der Waals surface area contributed by atoms with Crippen LogP contribution in [0.2, 0.25) is 0 Å². The number of carbonyl (C=O) groups excluding carboxylic acids is 3. The van der Waals surface area contributed by atoms with Crippen LogP contribution in [-0.2, 0) is 9.59 Å². The van der Waals surface area contributed by atoms with Crippen LogP contribution in [0.1, 0.15) is 37.0 Å². The number of anilines is 3. The van der Waals surface area contributed by atoms with Gasteiger partial charge in [0.25, 0.3) is 5.91 Å². The number of carbonyl (C=O) groups is 3. The molecule has 0 aromatic heterocycles. The maximum Gasteiger partial charge on any atom is 0.251 e. The van der Waals surface area contributed by atoms with Gasteiger partial charge in [-0.15, -0.1) is 0 Å². The van der Waals surface area contributed by atoms with Crippen molar-refractivity contribution in [2.45, 2.75) is 26.7 Å². The minimum Gasteiger partial charge on any atom is -0.376 e. The molecule has 0 fully saturated rings. The summed E-state index contributed by atoms with van der Waals surface area (Å²) in [5.41, 5.74) is 2.52. The third kappa shape index (κ3) is 7.11. The third-order valence-electron chi connectivity index (χ3n) is 3.88. The van der Waals surface area contributed by atoms with Gasteiger partial charge in [-0.3, -0.25) is 14.4 Å². The Morgan fingerprint density at radius 2 is 1.61 bits per heavy atom. The predicted molar refractivity (Wildman–Crippen MR) is 112 cm³/mol. The van der Waals surface area contributed by atoms with E-state index in [-0.39, 0.29) is 24.3 Å². The number of rotatable bonds is 9. The highest BCUT2D eigenvalue weighted by molar-refractivity contribution is 5.98. The van der Waals surface area contributed by atoms with Crippen molar-refractivity contribution in [3.63, 3.8) is 0 Å². The van der Waals surface area contributed by atoms with Crippen LogP contribution >= 0.6 is 0 Å². The van der Waals surface area contributed by atoms with E-state index in [4.69, 9.17) is 0 Å². The van der Waals surface area contributed by atoms with Crippen LogP contribution < -0.4 is 21.3 Å². The highest BCUT2D eigenvalue weighted by Gasteiger charge is 2.08. The first-order valence-electron chi connectivity index (χ1n) is 9.27. The molecule has 0 heterocycles. The lowest BCUT2D eigenvalue weighted by atomic mass is 10.2. The quantitative estimate of drug-likeness (QED) is 0.500. The molecule has 0 bridgehead atoms. The molecule has 0 unspecified atom stereocenters. The predicted octanol–water partition coefficient (Wildman–Crippen LogP) is 3.23. The van der Waals surface area contributed by atoms with E-state index >= 15 is 0 Å². The third-order valence-corrected chi connectivity index (χ3v) is 3.88. The molecule has 7 heteroatoms. The largest absolute Gasteiger partial charge is 0.376 e. The Hall–Kier alpha value is -3.35. The van der Waals surface area contributed by atoms with E-state index in [2.05, 4.69) is 28.2 Å². The first-order valence-corrected chi connectivity index (χ1v) is 9.27. The molecule has 7 nitrogen and oxygen atoms in total. The van der Waals surface area contributed by atoms with Crippen LogP contribution in [0.15, 0.2) is 48.5 Å². The molecule has 0 aliphatic rings. The molecule has 0 spiro atoms. The summed E-state index contributed by atoms with van der Waals surface area (Å²) in [7, 11) is 0. The van der Waals surface area contributed by atoms with Gasteiger partial charge in [-0.25, -0.2) is 0 Å².